The molecule has 1 aliphatic rings. The van der Waals surface area contributed by atoms with E-state index in [4.69, 9.17) is 14.2 Å². The number of carbonyl (C=O) groups is 1. The van der Waals surface area contributed by atoms with Crippen LogP contribution in [0.2, 0.25) is 0 Å². The summed E-state index contributed by atoms with van der Waals surface area (Å²) in [6.45, 7) is 11.2. The van der Waals surface area contributed by atoms with Crippen molar-refractivity contribution in [3.8, 4) is 5.75 Å². The topological polar surface area (TPSA) is 65.0 Å². The van der Waals surface area contributed by atoms with Crippen LogP contribution in [0.25, 0.3) is 0 Å². The Morgan fingerprint density at radius 3 is 2.48 bits per heavy atom. The number of benzene rings is 1. The average molecular weight is 439 g/mol. The Morgan fingerprint density at radius 1 is 1.19 bits per heavy atom. The summed E-state index contributed by atoms with van der Waals surface area (Å²) in [6, 6.07) is 4.56. The quantitative estimate of drug-likeness (QED) is 0.361. The van der Waals surface area contributed by atoms with E-state index in [1.54, 1.807) is 19.2 Å². The summed E-state index contributed by atoms with van der Waals surface area (Å²) in [5.41, 5.74) is 0.637. The van der Waals surface area contributed by atoms with Gasteiger partial charge in [-0.15, -0.1) is 0 Å². The smallest absolute Gasteiger partial charge is 0.309 e. The molecule has 1 aromatic carbocycles. The molecule has 5 nitrogen and oxygen atoms in total. The Hall–Kier alpha value is -1.66. The third kappa shape index (κ3) is 6.91. The molecule has 31 heavy (non-hydrogen) atoms. The number of rotatable bonds is 12. The highest BCUT2D eigenvalue weighted by Crippen LogP contribution is 2.39. The van der Waals surface area contributed by atoms with Crippen LogP contribution in [0.5, 0.6) is 5.75 Å². The number of ether oxygens (including phenoxy) is 3. The average Bonchev–Trinajstić information content (AvgIpc) is 3.12. The van der Waals surface area contributed by atoms with Crippen LogP contribution >= 0.6 is 0 Å². The highest BCUT2D eigenvalue weighted by molar-refractivity contribution is 5.74. The molecule has 1 heterocycles. The summed E-state index contributed by atoms with van der Waals surface area (Å²) in [6.07, 6.45) is 1.22. The number of cyclic esters (lactones) is 1. The van der Waals surface area contributed by atoms with Gasteiger partial charge in [0.2, 0.25) is 0 Å². The summed E-state index contributed by atoms with van der Waals surface area (Å²) < 4.78 is 30.4. The number of halogens is 1. The van der Waals surface area contributed by atoms with E-state index in [9.17, 15) is 14.3 Å². The van der Waals surface area contributed by atoms with Gasteiger partial charge in [0, 0.05) is 20.1 Å². The van der Waals surface area contributed by atoms with E-state index in [0.717, 1.165) is 6.42 Å². The lowest BCUT2D eigenvalue weighted by Crippen LogP contribution is -2.26. The van der Waals surface area contributed by atoms with Crippen LogP contribution in [-0.2, 0) is 14.3 Å². The SMILES string of the molecule is COCCCOc1cc(C(O)[C@@H](C[C@H](C)C2C[C@@H](C(C)C)C(=O)O2)C(C)C)ccc1F. The molecular weight excluding hydrogens is 399 g/mol. The van der Waals surface area contributed by atoms with E-state index < -0.39 is 11.9 Å². The standard InChI is InChI=1S/C25H39FO5/c1-15(2)19(12-17(5)22-14-20(16(3)4)25(28)31-22)24(27)18-8-9-21(26)23(13-18)30-11-7-10-29-6/h8-9,13,15-17,19-20,22,24,27H,7,10-12,14H2,1-6H3/t17-,19-,20-,22?,24?/m0/s1. The van der Waals surface area contributed by atoms with E-state index in [-0.39, 0.29) is 47.4 Å². The molecule has 0 saturated carbocycles. The molecule has 2 rings (SSSR count). The molecule has 1 N–H and O–H groups in total. The molecular formula is C25H39FO5. The largest absolute Gasteiger partial charge is 0.490 e. The van der Waals surface area contributed by atoms with Crippen molar-refractivity contribution < 1.29 is 28.5 Å². The van der Waals surface area contributed by atoms with Gasteiger partial charge in [0.25, 0.3) is 0 Å². The zero-order chi connectivity index (χ0) is 23.1. The number of hydrogen-bond acceptors (Lipinski definition) is 5. The Labute approximate surface area is 186 Å². The summed E-state index contributed by atoms with van der Waals surface area (Å²) in [5.74, 6) is 0.0723. The van der Waals surface area contributed by atoms with Gasteiger partial charge in [-0.25, -0.2) is 4.39 Å². The second-order valence-electron chi connectivity index (χ2n) is 9.51. The summed E-state index contributed by atoms with van der Waals surface area (Å²) >= 11 is 0. The van der Waals surface area contributed by atoms with Crippen LogP contribution in [0.3, 0.4) is 0 Å². The van der Waals surface area contributed by atoms with Crippen molar-refractivity contribution in [2.75, 3.05) is 20.3 Å². The molecule has 2 unspecified atom stereocenters. The number of hydrogen-bond donors (Lipinski definition) is 1. The van der Waals surface area contributed by atoms with Gasteiger partial charge in [0.1, 0.15) is 6.10 Å². The minimum Gasteiger partial charge on any atom is -0.490 e. The molecule has 1 saturated heterocycles. The van der Waals surface area contributed by atoms with Gasteiger partial charge in [0.15, 0.2) is 11.6 Å². The molecule has 1 fully saturated rings. The van der Waals surface area contributed by atoms with Crippen molar-refractivity contribution >= 4 is 5.97 Å². The van der Waals surface area contributed by atoms with Crippen molar-refractivity contribution in [3.05, 3.63) is 29.6 Å². The number of esters is 1. The maximum absolute atomic E-state index is 14.2. The normalized spacial score (nSPS) is 21.9. The summed E-state index contributed by atoms with van der Waals surface area (Å²) in [7, 11) is 1.61. The number of aliphatic hydroxyl groups excluding tert-OH is 1. The fourth-order valence-corrected chi connectivity index (χ4v) is 4.32. The van der Waals surface area contributed by atoms with E-state index >= 15 is 0 Å². The van der Waals surface area contributed by atoms with E-state index in [1.807, 2.05) is 13.8 Å². The maximum atomic E-state index is 14.2. The number of carbonyl (C=O) groups excluding carboxylic acids is 1. The van der Waals surface area contributed by atoms with Crippen LogP contribution in [0, 0.1) is 35.4 Å². The lowest BCUT2D eigenvalue weighted by molar-refractivity contribution is -0.147. The zero-order valence-electron chi connectivity index (χ0n) is 19.8. The van der Waals surface area contributed by atoms with Gasteiger partial charge in [-0.3, -0.25) is 4.79 Å². The van der Waals surface area contributed by atoms with Crippen molar-refractivity contribution in [3.63, 3.8) is 0 Å². The number of methoxy groups -OCH3 is 1. The fourth-order valence-electron chi connectivity index (χ4n) is 4.32. The van der Waals surface area contributed by atoms with Crippen LogP contribution in [-0.4, -0.2) is 37.5 Å². The maximum Gasteiger partial charge on any atom is 0.309 e. The Balaban J connectivity index is 2.08. The lowest BCUT2D eigenvalue weighted by atomic mass is 9.78. The van der Waals surface area contributed by atoms with Crippen LogP contribution in [0.15, 0.2) is 18.2 Å². The van der Waals surface area contributed by atoms with Gasteiger partial charge >= 0.3 is 5.97 Å². The first-order valence-electron chi connectivity index (χ1n) is 11.4. The highest BCUT2D eigenvalue weighted by atomic mass is 19.1. The second-order valence-corrected chi connectivity index (χ2v) is 9.51. The third-order valence-electron chi connectivity index (χ3n) is 6.45. The van der Waals surface area contributed by atoms with Gasteiger partial charge in [0.05, 0.1) is 18.6 Å². The van der Waals surface area contributed by atoms with Crippen molar-refractivity contribution in [2.45, 2.75) is 66.1 Å². The molecule has 1 aliphatic heterocycles. The number of aliphatic hydroxyl groups is 1. The van der Waals surface area contributed by atoms with Crippen molar-refractivity contribution in [2.24, 2.45) is 29.6 Å². The third-order valence-corrected chi connectivity index (χ3v) is 6.45. The lowest BCUT2D eigenvalue weighted by Gasteiger charge is -2.31. The monoisotopic (exact) mass is 438 g/mol. The van der Waals surface area contributed by atoms with E-state index in [0.29, 0.717) is 31.6 Å². The molecule has 0 aromatic heterocycles. The Bertz CT molecular complexity index is 705. The second kappa shape index (κ2) is 11.8. The van der Waals surface area contributed by atoms with Gasteiger partial charge < -0.3 is 19.3 Å². The summed E-state index contributed by atoms with van der Waals surface area (Å²) in [4.78, 5) is 12.2. The highest BCUT2D eigenvalue weighted by Gasteiger charge is 2.40. The van der Waals surface area contributed by atoms with Crippen LogP contribution in [0.4, 0.5) is 4.39 Å². The molecule has 1 aromatic rings. The van der Waals surface area contributed by atoms with Gasteiger partial charge in [-0.05, 0) is 54.2 Å². The molecule has 0 radical (unpaired) electrons. The summed E-state index contributed by atoms with van der Waals surface area (Å²) in [5, 5.41) is 11.2. The zero-order valence-corrected chi connectivity index (χ0v) is 19.8. The van der Waals surface area contributed by atoms with Crippen LogP contribution in [0.1, 0.15) is 65.5 Å². The van der Waals surface area contributed by atoms with Crippen molar-refractivity contribution in [1.82, 2.24) is 0 Å². The first kappa shape index (κ1) is 25.6. The molecule has 0 aliphatic carbocycles. The molecule has 0 bridgehead atoms. The Kier molecular flexibility index (Phi) is 9.76. The van der Waals surface area contributed by atoms with E-state index in [2.05, 4.69) is 20.8 Å². The minimum absolute atomic E-state index is 0.0511. The predicted molar refractivity (Wildman–Crippen MR) is 118 cm³/mol. The van der Waals surface area contributed by atoms with Crippen LogP contribution < -0.4 is 4.74 Å². The van der Waals surface area contributed by atoms with E-state index in [1.165, 1.54) is 6.07 Å². The van der Waals surface area contributed by atoms with Gasteiger partial charge in [-0.2, -0.15) is 0 Å². The Morgan fingerprint density at radius 2 is 1.90 bits per heavy atom. The first-order chi connectivity index (χ1) is 14.6. The minimum atomic E-state index is -0.762. The molecule has 5 atom stereocenters. The van der Waals surface area contributed by atoms with Gasteiger partial charge in [-0.1, -0.05) is 40.7 Å². The molecule has 0 spiro atoms. The molecule has 6 heteroatoms. The molecule has 0 amide bonds. The first-order valence-corrected chi connectivity index (χ1v) is 11.4. The fraction of sp³-hybridized carbons (Fsp3) is 0.720. The predicted octanol–water partition coefficient (Wildman–Crippen LogP) is 5.16. The van der Waals surface area contributed by atoms with Crippen molar-refractivity contribution in [1.29, 1.82) is 0 Å². The molecule has 176 valence electrons.